The first-order valence-corrected chi connectivity index (χ1v) is 8.35. The summed E-state index contributed by atoms with van der Waals surface area (Å²) in [5.41, 5.74) is 0. The number of carbonyl (C=O) groups is 1. The molecule has 3 unspecified atom stereocenters. The topological polar surface area (TPSA) is 23.6 Å². The Morgan fingerprint density at radius 1 is 1.20 bits per heavy atom. The van der Waals surface area contributed by atoms with E-state index < -0.39 is 0 Å². The van der Waals surface area contributed by atoms with E-state index in [0.29, 0.717) is 23.5 Å². The van der Waals surface area contributed by atoms with E-state index in [1.807, 2.05) is 0 Å². The van der Waals surface area contributed by atoms with Gasteiger partial charge in [-0.3, -0.25) is 4.79 Å². The van der Waals surface area contributed by atoms with Crippen molar-refractivity contribution in [3.63, 3.8) is 0 Å². The Kier molecular flexibility index (Phi) is 5.62. The van der Waals surface area contributed by atoms with Gasteiger partial charge in [0.1, 0.15) is 5.78 Å². The van der Waals surface area contributed by atoms with Gasteiger partial charge < -0.3 is 9.80 Å². The number of nitrogens with zero attached hydrogens (tertiary/aromatic N) is 2. The average Bonchev–Trinajstić information content (AvgIpc) is 2.35. The molecular weight excluding hydrogens is 248 g/mol. The van der Waals surface area contributed by atoms with E-state index in [1.165, 1.54) is 38.9 Å². The fraction of sp³-hybridized carbons (Fsp3) is 0.941. The number of hydrogen-bond acceptors (Lipinski definition) is 3. The highest BCUT2D eigenvalue weighted by Crippen LogP contribution is 2.32. The van der Waals surface area contributed by atoms with E-state index in [0.717, 1.165) is 18.9 Å². The molecule has 0 aromatic heterocycles. The van der Waals surface area contributed by atoms with Crippen LogP contribution in [-0.4, -0.2) is 55.9 Å². The monoisotopic (exact) mass is 280 g/mol. The van der Waals surface area contributed by atoms with E-state index in [1.54, 1.807) is 0 Å². The lowest BCUT2D eigenvalue weighted by atomic mass is 9.74. The predicted octanol–water partition coefficient (Wildman–Crippen LogP) is 2.51. The molecule has 2 aliphatic rings. The number of rotatable bonds is 4. The maximum atomic E-state index is 12.3. The molecule has 2 fully saturated rings. The molecule has 0 bridgehead atoms. The Hall–Kier alpha value is -0.410. The average molecular weight is 280 g/mol. The van der Waals surface area contributed by atoms with Crippen molar-refractivity contribution in [1.29, 1.82) is 0 Å². The van der Waals surface area contributed by atoms with Crippen LogP contribution in [0.4, 0.5) is 0 Å². The summed E-state index contributed by atoms with van der Waals surface area (Å²) in [7, 11) is 4.33. The van der Waals surface area contributed by atoms with Gasteiger partial charge in [0, 0.05) is 25.4 Å². The molecule has 116 valence electrons. The summed E-state index contributed by atoms with van der Waals surface area (Å²) < 4.78 is 0. The van der Waals surface area contributed by atoms with Crippen LogP contribution in [0.15, 0.2) is 0 Å². The van der Waals surface area contributed by atoms with E-state index in [9.17, 15) is 4.79 Å². The molecule has 0 aromatic rings. The van der Waals surface area contributed by atoms with E-state index in [-0.39, 0.29) is 0 Å². The van der Waals surface area contributed by atoms with Crippen LogP contribution in [0.3, 0.4) is 0 Å². The second-order valence-electron chi connectivity index (χ2n) is 7.60. The van der Waals surface area contributed by atoms with Crippen molar-refractivity contribution in [2.45, 2.75) is 39.5 Å². The van der Waals surface area contributed by atoms with Crippen LogP contribution in [0.2, 0.25) is 0 Å². The minimum absolute atomic E-state index is 0.302. The highest BCUT2D eigenvalue weighted by Gasteiger charge is 2.34. The Morgan fingerprint density at radius 2 is 1.85 bits per heavy atom. The van der Waals surface area contributed by atoms with Crippen LogP contribution in [0.1, 0.15) is 39.5 Å². The van der Waals surface area contributed by atoms with Crippen LogP contribution < -0.4 is 0 Å². The van der Waals surface area contributed by atoms with Crippen molar-refractivity contribution < 1.29 is 4.79 Å². The summed E-state index contributed by atoms with van der Waals surface area (Å²) in [5.74, 6) is 2.84. The Bertz CT molecular complexity index is 321. The molecule has 0 amide bonds. The number of piperidine rings is 1. The first kappa shape index (κ1) is 16.0. The lowest BCUT2D eigenvalue weighted by molar-refractivity contribution is -0.128. The second-order valence-corrected chi connectivity index (χ2v) is 7.60. The molecule has 20 heavy (non-hydrogen) atoms. The third-order valence-corrected chi connectivity index (χ3v) is 5.21. The quantitative estimate of drug-likeness (QED) is 0.790. The molecule has 3 heteroatoms. The number of ketones is 1. The minimum Gasteiger partial charge on any atom is -0.309 e. The smallest absolute Gasteiger partial charge is 0.137 e. The standard InChI is InChI=1S/C17H32N2O/c1-13-9-14(2)16(17(20)10-13)12-19-7-5-15(6-8-19)11-18(3)4/h13-16H,5-12H2,1-4H3. The first-order chi connectivity index (χ1) is 9.45. The largest absolute Gasteiger partial charge is 0.309 e. The number of likely N-dealkylation sites (tertiary alicyclic amines) is 1. The molecule has 1 aliphatic carbocycles. The van der Waals surface area contributed by atoms with Gasteiger partial charge in [-0.1, -0.05) is 13.8 Å². The highest BCUT2D eigenvalue weighted by molar-refractivity contribution is 5.82. The maximum absolute atomic E-state index is 12.3. The fourth-order valence-electron chi connectivity index (χ4n) is 4.12. The van der Waals surface area contributed by atoms with Crippen LogP contribution in [0.25, 0.3) is 0 Å². The van der Waals surface area contributed by atoms with Crippen molar-refractivity contribution in [1.82, 2.24) is 9.80 Å². The first-order valence-electron chi connectivity index (χ1n) is 8.35. The molecule has 0 aromatic carbocycles. The predicted molar refractivity (Wildman–Crippen MR) is 83.8 cm³/mol. The molecule has 0 radical (unpaired) electrons. The minimum atomic E-state index is 0.302. The van der Waals surface area contributed by atoms with Gasteiger partial charge in [0.25, 0.3) is 0 Å². The van der Waals surface area contributed by atoms with Crippen molar-refractivity contribution in [3.05, 3.63) is 0 Å². The van der Waals surface area contributed by atoms with Gasteiger partial charge in [-0.15, -0.1) is 0 Å². The number of Topliss-reactive ketones (excluding diaryl/α,β-unsaturated/α-hetero) is 1. The molecule has 3 atom stereocenters. The molecule has 1 saturated heterocycles. The summed E-state index contributed by atoms with van der Waals surface area (Å²) in [5, 5.41) is 0. The number of carbonyl (C=O) groups excluding carboxylic acids is 1. The number of hydrogen-bond donors (Lipinski definition) is 0. The summed E-state index contributed by atoms with van der Waals surface area (Å²) in [6, 6.07) is 0. The van der Waals surface area contributed by atoms with Crippen molar-refractivity contribution in [2.75, 3.05) is 40.3 Å². The van der Waals surface area contributed by atoms with Gasteiger partial charge in [0.15, 0.2) is 0 Å². The lowest BCUT2D eigenvalue weighted by Gasteiger charge is -2.38. The second kappa shape index (κ2) is 7.04. The normalized spacial score (nSPS) is 33.9. The zero-order valence-electron chi connectivity index (χ0n) is 13.8. The van der Waals surface area contributed by atoms with Gasteiger partial charge in [0.05, 0.1) is 0 Å². The summed E-state index contributed by atoms with van der Waals surface area (Å²) in [4.78, 5) is 17.1. The van der Waals surface area contributed by atoms with Gasteiger partial charge in [-0.2, -0.15) is 0 Å². The molecule has 1 aliphatic heterocycles. The summed E-state index contributed by atoms with van der Waals surface area (Å²) >= 11 is 0. The van der Waals surface area contributed by atoms with Crippen molar-refractivity contribution in [3.8, 4) is 0 Å². The van der Waals surface area contributed by atoms with Gasteiger partial charge in [0.2, 0.25) is 0 Å². The Labute approximate surface area is 124 Å². The Balaban J connectivity index is 1.79. The fourth-order valence-corrected chi connectivity index (χ4v) is 4.12. The third kappa shape index (κ3) is 4.29. The van der Waals surface area contributed by atoms with Gasteiger partial charge >= 0.3 is 0 Å². The van der Waals surface area contributed by atoms with Gasteiger partial charge in [-0.25, -0.2) is 0 Å². The van der Waals surface area contributed by atoms with E-state index in [2.05, 4.69) is 37.7 Å². The Morgan fingerprint density at radius 3 is 2.40 bits per heavy atom. The van der Waals surface area contributed by atoms with Crippen molar-refractivity contribution in [2.24, 2.45) is 23.7 Å². The molecule has 1 heterocycles. The third-order valence-electron chi connectivity index (χ3n) is 5.21. The van der Waals surface area contributed by atoms with E-state index >= 15 is 0 Å². The highest BCUT2D eigenvalue weighted by atomic mass is 16.1. The summed E-state index contributed by atoms with van der Waals surface area (Å²) in [6.45, 7) is 9.09. The molecule has 2 rings (SSSR count). The van der Waals surface area contributed by atoms with Crippen LogP contribution in [-0.2, 0) is 4.79 Å². The molecule has 0 spiro atoms. The SMILES string of the molecule is CC1CC(=O)C(CN2CCC(CN(C)C)CC2)C(C)C1. The van der Waals surface area contributed by atoms with Crippen LogP contribution >= 0.6 is 0 Å². The lowest BCUT2D eigenvalue weighted by Crippen LogP contribution is -2.44. The molecule has 3 nitrogen and oxygen atoms in total. The molecule has 0 N–H and O–H groups in total. The molecule has 1 saturated carbocycles. The van der Waals surface area contributed by atoms with Crippen LogP contribution in [0, 0.1) is 23.7 Å². The van der Waals surface area contributed by atoms with E-state index in [4.69, 9.17) is 0 Å². The summed E-state index contributed by atoms with van der Waals surface area (Å²) in [6.07, 6.45) is 4.63. The zero-order chi connectivity index (χ0) is 14.7. The maximum Gasteiger partial charge on any atom is 0.137 e. The van der Waals surface area contributed by atoms with Gasteiger partial charge in [-0.05, 0) is 64.2 Å². The van der Waals surface area contributed by atoms with Crippen LogP contribution in [0.5, 0.6) is 0 Å². The van der Waals surface area contributed by atoms with Crippen molar-refractivity contribution >= 4 is 5.78 Å². The molecular formula is C17H32N2O. The zero-order valence-corrected chi connectivity index (χ0v) is 13.8.